The van der Waals surface area contributed by atoms with Crippen LogP contribution in [-0.4, -0.2) is 19.0 Å². The fraction of sp³-hybridized carbons (Fsp3) is 0.286. The summed E-state index contributed by atoms with van der Waals surface area (Å²) in [4.78, 5) is 22.6. The number of aryl methyl sites for hydroxylation is 1. The fourth-order valence-corrected chi connectivity index (χ4v) is 1.49. The molecule has 0 bridgehead atoms. The van der Waals surface area contributed by atoms with Gasteiger partial charge in [-0.25, -0.2) is 4.79 Å². The number of hydrogen-bond donors (Lipinski definition) is 0. The number of methoxy groups -OCH3 is 1. The second-order valence-corrected chi connectivity index (χ2v) is 3.92. The lowest BCUT2D eigenvalue weighted by atomic mass is 10.0. The zero-order valence-electron chi connectivity index (χ0n) is 10.7. The Hall–Kier alpha value is -2.10. The van der Waals surface area contributed by atoms with E-state index in [0.717, 1.165) is 5.56 Å². The molecule has 0 unspecified atom stereocenters. The summed E-state index contributed by atoms with van der Waals surface area (Å²) in [6, 6.07) is 7.32. The highest BCUT2D eigenvalue weighted by Crippen LogP contribution is 2.26. The van der Waals surface area contributed by atoms with Crippen LogP contribution in [0.5, 0.6) is 0 Å². The van der Waals surface area contributed by atoms with Gasteiger partial charge in [0, 0.05) is 6.92 Å². The van der Waals surface area contributed by atoms with Crippen molar-refractivity contribution in [1.82, 2.24) is 0 Å². The first kappa shape index (κ1) is 14.0. The topological polar surface area (TPSA) is 52.6 Å². The van der Waals surface area contributed by atoms with E-state index in [0.29, 0.717) is 5.56 Å². The van der Waals surface area contributed by atoms with Crippen LogP contribution in [0.1, 0.15) is 24.2 Å². The fourth-order valence-electron chi connectivity index (χ4n) is 1.49. The summed E-state index contributed by atoms with van der Waals surface area (Å²) in [5.74, 6) is -1.08. The van der Waals surface area contributed by atoms with Crippen molar-refractivity contribution in [2.24, 2.45) is 0 Å². The van der Waals surface area contributed by atoms with Crippen LogP contribution in [0.2, 0.25) is 0 Å². The summed E-state index contributed by atoms with van der Waals surface area (Å²) in [5, 5.41) is 0. The molecule has 4 nitrogen and oxygen atoms in total. The quantitative estimate of drug-likeness (QED) is 0.606. The van der Waals surface area contributed by atoms with E-state index in [1.807, 2.05) is 19.1 Å². The molecule has 4 heteroatoms. The van der Waals surface area contributed by atoms with Crippen LogP contribution in [0.15, 0.2) is 36.4 Å². The van der Waals surface area contributed by atoms with E-state index in [4.69, 9.17) is 4.74 Å². The molecule has 1 rings (SSSR count). The van der Waals surface area contributed by atoms with Gasteiger partial charge in [0.15, 0.2) is 6.10 Å². The van der Waals surface area contributed by atoms with Crippen molar-refractivity contribution in [3.05, 3.63) is 47.5 Å². The molecule has 0 N–H and O–H groups in total. The third-order valence-corrected chi connectivity index (χ3v) is 2.43. The maximum absolute atomic E-state index is 11.5. The van der Waals surface area contributed by atoms with Crippen LogP contribution < -0.4 is 0 Å². The lowest BCUT2D eigenvalue weighted by molar-refractivity contribution is -0.147. The number of esters is 2. The van der Waals surface area contributed by atoms with Gasteiger partial charge < -0.3 is 9.47 Å². The van der Waals surface area contributed by atoms with Gasteiger partial charge in [0.05, 0.1) is 12.7 Å². The maximum atomic E-state index is 11.5. The van der Waals surface area contributed by atoms with Crippen LogP contribution in [0.3, 0.4) is 0 Å². The SMILES string of the molecule is C=C(C(=O)OC)[C@H](OC(C)=O)c1ccc(C)cc1. The molecule has 1 aromatic rings. The van der Waals surface area contributed by atoms with Crippen molar-refractivity contribution in [2.45, 2.75) is 20.0 Å². The Kier molecular flexibility index (Phi) is 4.66. The Bertz CT molecular complexity index is 459. The molecule has 0 amide bonds. The van der Waals surface area contributed by atoms with Gasteiger partial charge in [0.2, 0.25) is 0 Å². The highest BCUT2D eigenvalue weighted by atomic mass is 16.6. The van der Waals surface area contributed by atoms with Crippen LogP contribution in [0.4, 0.5) is 0 Å². The average Bonchev–Trinajstić information content (AvgIpc) is 2.35. The molecule has 0 spiro atoms. The van der Waals surface area contributed by atoms with Crippen molar-refractivity contribution in [2.75, 3.05) is 7.11 Å². The monoisotopic (exact) mass is 248 g/mol. The van der Waals surface area contributed by atoms with Crippen molar-refractivity contribution in [3.63, 3.8) is 0 Å². The smallest absolute Gasteiger partial charge is 0.337 e. The number of rotatable bonds is 4. The molecule has 96 valence electrons. The molecule has 0 radical (unpaired) electrons. The van der Waals surface area contributed by atoms with E-state index in [-0.39, 0.29) is 5.57 Å². The number of carbonyl (C=O) groups is 2. The van der Waals surface area contributed by atoms with Crippen LogP contribution >= 0.6 is 0 Å². The molecule has 0 saturated heterocycles. The predicted molar refractivity (Wildman–Crippen MR) is 66.8 cm³/mol. The second-order valence-electron chi connectivity index (χ2n) is 3.92. The van der Waals surface area contributed by atoms with E-state index in [9.17, 15) is 9.59 Å². The van der Waals surface area contributed by atoms with Gasteiger partial charge in [0.1, 0.15) is 0 Å². The van der Waals surface area contributed by atoms with Gasteiger partial charge >= 0.3 is 11.9 Å². The first-order valence-corrected chi connectivity index (χ1v) is 5.46. The van der Waals surface area contributed by atoms with Crippen LogP contribution in [0, 0.1) is 6.92 Å². The second kappa shape index (κ2) is 6.00. The molecule has 0 aliphatic heterocycles. The molecule has 0 aromatic heterocycles. The van der Waals surface area contributed by atoms with Crippen molar-refractivity contribution in [3.8, 4) is 0 Å². The average molecular weight is 248 g/mol. The minimum Gasteiger partial charge on any atom is -0.466 e. The molecule has 1 aromatic carbocycles. The van der Waals surface area contributed by atoms with Gasteiger partial charge in [-0.2, -0.15) is 0 Å². The molecular weight excluding hydrogens is 232 g/mol. The Morgan fingerprint density at radius 1 is 1.22 bits per heavy atom. The van der Waals surface area contributed by atoms with E-state index >= 15 is 0 Å². The normalized spacial score (nSPS) is 11.5. The van der Waals surface area contributed by atoms with Gasteiger partial charge in [-0.15, -0.1) is 0 Å². The Morgan fingerprint density at radius 2 is 1.78 bits per heavy atom. The summed E-state index contributed by atoms with van der Waals surface area (Å²) in [6.07, 6.45) is -0.810. The minimum absolute atomic E-state index is 0.0940. The number of hydrogen-bond acceptors (Lipinski definition) is 4. The number of ether oxygens (including phenoxy) is 2. The highest BCUT2D eigenvalue weighted by molar-refractivity contribution is 5.89. The maximum Gasteiger partial charge on any atom is 0.337 e. The summed E-state index contributed by atoms with van der Waals surface area (Å²) in [5.41, 5.74) is 1.85. The zero-order chi connectivity index (χ0) is 13.7. The van der Waals surface area contributed by atoms with E-state index < -0.39 is 18.0 Å². The molecule has 0 aliphatic rings. The molecule has 0 heterocycles. The molecule has 0 aliphatic carbocycles. The van der Waals surface area contributed by atoms with Gasteiger partial charge in [-0.1, -0.05) is 36.4 Å². The zero-order valence-corrected chi connectivity index (χ0v) is 10.7. The largest absolute Gasteiger partial charge is 0.466 e. The molecule has 18 heavy (non-hydrogen) atoms. The molecule has 1 atom stereocenters. The van der Waals surface area contributed by atoms with E-state index in [1.54, 1.807) is 12.1 Å². The minimum atomic E-state index is -0.810. The Labute approximate surface area is 106 Å². The molecule has 0 fully saturated rings. The van der Waals surface area contributed by atoms with Crippen molar-refractivity contribution >= 4 is 11.9 Å². The summed E-state index contributed by atoms with van der Waals surface area (Å²) in [6.45, 7) is 6.85. The third-order valence-electron chi connectivity index (χ3n) is 2.43. The number of carbonyl (C=O) groups excluding carboxylic acids is 2. The molecule has 0 saturated carbocycles. The van der Waals surface area contributed by atoms with Crippen LogP contribution in [0.25, 0.3) is 0 Å². The van der Waals surface area contributed by atoms with Gasteiger partial charge in [0.25, 0.3) is 0 Å². The third kappa shape index (κ3) is 3.45. The lowest BCUT2D eigenvalue weighted by Crippen LogP contribution is -2.17. The van der Waals surface area contributed by atoms with Crippen molar-refractivity contribution < 1.29 is 19.1 Å². The first-order chi connectivity index (χ1) is 8.45. The van der Waals surface area contributed by atoms with Gasteiger partial charge in [-0.3, -0.25) is 4.79 Å². The highest BCUT2D eigenvalue weighted by Gasteiger charge is 2.24. The van der Waals surface area contributed by atoms with Gasteiger partial charge in [-0.05, 0) is 12.5 Å². The summed E-state index contributed by atoms with van der Waals surface area (Å²) in [7, 11) is 1.26. The lowest BCUT2D eigenvalue weighted by Gasteiger charge is -2.18. The van der Waals surface area contributed by atoms with Crippen LogP contribution in [-0.2, 0) is 19.1 Å². The summed E-state index contributed by atoms with van der Waals surface area (Å²) < 4.78 is 9.71. The predicted octanol–water partition coefficient (Wildman–Crippen LogP) is 2.33. The van der Waals surface area contributed by atoms with Crippen molar-refractivity contribution in [1.29, 1.82) is 0 Å². The number of benzene rings is 1. The Morgan fingerprint density at radius 3 is 2.22 bits per heavy atom. The summed E-state index contributed by atoms with van der Waals surface area (Å²) >= 11 is 0. The Balaban J connectivity index is 3.05. The van der Waals surface area contributed by atoms with E-state index in [1.165, 1.54) is 14.0 Å². The standard InChI is InChI=1S/C14H16O4/c1-9-5-7-12(8-6-9)13(18-11(3)15)10(2)14(16)17-4/h5-8,13H,2H2,1,3-4H3/t13-/m0/s1. The first-order valence-electron chi connectivity index (χ1n) is 5.46. The van der Waals surface area contributed by atoms with E-state index in [2.05, 4.69) is 11.3 Å². The molecular formula is C14H16O4.